The maximum absolute atomic E-state index is 13.4. The van der Waals surface area contributed by atoms with Crippen molar-refractivity contribution in [3.63, 3.8) is 0 Å². The lowest BCUT2D eigenvalue weighted by Gasteiger charge is -2.25. The van der Waals surface area contributed by atoms with Crippen molar-refractivity contribution in [3.8, 4) is 5.75 Å². The van der Waals surface area contributed by atoms with Crippen LogP contribution in [0.4, 0.5) is 16.0 Å². The SMILES string of the molecule is CN(C)CCOc1ccc(Nc2ncc3nc(Sc4ccc(F)cc4)n(C4CCOCC4)c3n2)cc1. The summed E-state index contributed by atoms with van der Waals surface area (Å²) >= 11 is 1.50. The van der Waals surface area contributed by atoms with E-state index in [-0.39, 0.29) is 11.9 Å². The van der Waals surface area contributed by atoms with Gasteiger partial charge in [0.15, 0.2) is 10.8 Å². The molecule has 188 valence electrons. The fourth-order valence-electron chi connectivity index (χ4n) is 3.99. The number of rotatable bonds is 9. The molecular weight excluding hydrogens is 479 g/mol. The van der Waals surface area contributed by atoms with Crippen molar-refractivity contribution >= 4 is 34.6 Å². The number of ether oxygens (including phenoxy) is 2. The molecule has 0 amide bonds. The molecule has 1 N–H and O–H groups in total. The molecule has 4 aromatic rings. The molecule has 2 aromatic carbocycles. The monoisotopic (exact) mass is 508 g/mol. The summed E-state index contributed by atoms with van der Waals surface area (Å²) in [7, 11) is 4.04. The van der Waals surface area contributed by atoms with Crippen LogP contribution in [0.15, 0.2) is 64.8 Å². The van der Waals surface area contributed by atoms with Gasteiger partial charge in [-0.2, -0.15) is 4.98 Å². The summed E-state index contributed by atoms with van der Waals surface area (Å²) in [6, 6.07) is 14.4. The Hall–Kier alpha value is -3.21. The largest absolute Gasteiger partial charge is 0.492 e. The predicted octanol–water partition coefficient (Wildman–Crippen LogP) is 5.15. The number of nitrogens with zero attached hydrogens (tertiary/aromatic N) is 5. The average Bonchev–Trinajstić information content (AvgIpc) is 3.24. The van der Waals surface area contributed by atoms with Gasteiger partial charge in [0.2, 0.25) is 5.95 Å². The molecule has 10 heteroatoms. The summed E-state index contributed by atoms with van der Waals surface area (Å²) in [6.07, 6.45) is 3.50. The molecule has 2 aromatic heterocycles. The number of imidazole rings is 1. The van der Waals surface area contributed by atoms with Crippen LogP contribution in [0.2, 0.25) is 0 Å². The maximum atomic E-state index is 13.4. The van der Waals surface area contributed by atoms with E-state index >= 15 is 0 Å². The second kappa shape index (κ2) is 11.2. The second-order valence-corrected chi connectivity index (χ2v) is 9.91. The Morgan fingerprint density at radius 2 is 1.83 bits per heavy atom. The third-order valence-electron chi connectivity index (χ3n) is 5.90. The standard InChI is InChI=1S/C26H29FN6O2S/c1-32(2)13-16-35-21-7-5-19(6-8-21)29-25-28-17-23-24(31-25)33(20-11-14-34-15-12-20)26(30-23)36-22-9-3-18(27)4-10-22/h3-10,17,20H,11-16H2,1-2H3,(H,28,29,31). The zero-order valence-corrected chi connectivity index (χ0v) is 21.2. The summed E-state index contributed by atoms with van der Waals surface area (Å²) in [5.41, 5.74) is 2.36. The Bertz CT molecular complexity index is 1290. The topological polar surface area (TPSA) is 77.3 Å². The predicted molar refractivity (Wildman–Crippen MR) is 139 cm³/mol. The van der Waals surface area contributed by atoms with E-state index in [1.165, 1.54) is 23.9 Å². The molecule has 8 nitrogen and oxygen atoms in total. The number of hydrogen-bond donors (Lipinski definition) is 1. The van der Waals surface area contributed by atoms with Gasteiger partial charge in [-0.05, 0) is 75.5 Å². The van der Waals surface area contributed by atoms with E-state index in [0.29, 0.717) is 25.8 Å². The zero-order chi connectivity index (χ0) is 24.9. The van der Waals surface area contributed by atoms with Crippen LogP contribution >= 0.6 is 11.8 Å². The highest BCUT2D eigenvalue weighted by atomic mass is 32.2. The first kappa shape index (κ1) is 24.5. The quantitative estimate of drug-likeness (QED) is 0.333. The van der Waals surface area contributed by atoms with Gasteiger partial charge >= 0.3 is 0 Å². The maximum Gasteiger partial charge on any atom is 0.229 e. The second-order valence-electron chi connectivity index (χ2n) is 8.87. The van der Waals surface area contributed by atoms with E-state index in [1.54, 1.807) is 18.3 Å². The van der Waals surface area contributed by atoms with Gasteiger partial charge in [-0.1, -0.05) is 11.8 Å². The van der Waals surface area contributed by atoms with Gasteiger partial charge in [0.1, 0.15) is 23.7 Å². The summed E-state index contributed by atoms with van der Waals surface area (Å²) in [4.78, 5) is 17.2. The van der Waals surface area contributed by atoms with Crippen molar-refractivity contribution < 1.29 is 13.9 Å². The molecule has 0 unspecified atom stereocenters. The minimum absolute atomic E-state index is 0.216. The first-order chi connectivity index (χ1) is 17.5. The molecular formula is C26H29FN6O2S. The summed E-state index contributed by atoms with van der Waals surface area (Å²) in [5.74, 6) is 1.06. The van der Waals surface area contributed by atoms with Crippen LogP contribution in [-0.2, 0) is 4.74 Å². The Balaban J connectivity index is 1.39. The van der Waals surface area contributed by atoms with Gasteiger partial charge in [0, 0.05) is 36.4 Å². The Kier molecular flexibility index (Phi) is 7.64. The molecule has 0 radical (unpaired) electrons. The molecule has 0 atom stereocenters. The Morgan fingerprint density at radius 1 is 1.08 bits per heavy atom. The zero-order valence-electron chi connectivity index (χ0n) is 20.4. The van der Waals surface area contributed by atoms with Crippen molar-refractivity contribution in [2.75, 3.05) is 45.8 Å². The van der Waals surface area contributed by atoms with Gasteiger partial charge in [-0.15, -0.1) is 0 Å². The van der Waals surface area contributed by atoms with Crippen molar-refractivity contribution in [2.45, 2.75) is 28.9 Å². The van der Waals surface area contributed by atoms with E-state index in [1.807, 2.05) is 38.4 Å². The van der Waals surface area contributed by atoms with E-state index in [4.69, 9.17) is 19.4 Å². The van der Waals surface area contributed by atoms with Crippen LogP contribution in [0.5, 0.6) is 5.75 Å². The normalized spacial score (nSPS) is 14.4. The van der Waals surface area contributed by atoms with Crippen LogP contribution in [0.3, 0.4) is 0 Å². The van der Waals surface area contributed by atoms with Crippen LogP contribution < -0.4 is 10.1 Å². The lowest BCUT2D eigenvalue weighted by atomic mass is 10.1. The molecule has 3 heterocycles. The fourth-order valence-corrected chi connectivity index (χ4v) is 4.95. The van der Waals surface area contributed by atoms with Gasteiger partial charge in [0.05, 0.1) is 6.20 Å². The fraction of sp³-hybridized carbons (Fsp3) is 0.346. The molecule has 0 saturated carbocycles. The van der Waals surface area contributed by atoms with E-state index in [0.717, 1.165) is 52.0 Å². The molecule has 5 rings (SSSR count). The number of anilines is 2. The van der Waals surface area contributed by atoms with E-state index in [2.05, 4.69) is 19.8 Å². The molecule has 0 aliphatic carbocycles. The first-order valence-corrected chi connectivity index (χ1v) is 12.8. The molecule has 0 bridgehead atoms. The van der Waals surface area contributed by atoms with Gasteiger partial charge in [0.25, 0.3) is 0 Å². The van der Waals surface area contributed by atoms with Crippen LogP contribution in [0, 0.1) is 5.82 Å². The van der Waals surface area contributed by atoms with Crippen LogP contribution in [-0.4, -0.2) is 64.9 Å². The highest BCUT2D eigenvalue weighted by Crippen LogP contribution is 2.35. The Labute approximate surface area is 213 Å². The molecule has 1 aliphatic rings. The molecule has 0 spiro atoms. The number of aromatic nitrogens is 4. The number of hydrogen-bond acceptors (Lipinski definition) is 8. The molecule has 1 fully saturated rings. The van der Waals surface area contributed by atoms with Gasteiger partial charge in [-0.3, -0.25) is 4.57 Å². The van der Waals surface area contributed by atoms with E-state index < -0.39 is 0 Å². The first-order valence-electron chi connectivity index (χ1n) is 12.0. The number of nitrogens with one attached hydrogen (secondary N) is 1. The van der Waals surface area contributed by atoms with Crippen LogP contribution in [0.25, 0.3) is 11.2 Å². The Morgan fingerprint density at radius 3 is 2.56 bits per heavy atom. The minimum Gasteiger partial charge on any atom is -0.492 e. The molecule has 36 heavy (non-hydrogen) atoms. The van der Waals surface area contributed by atoms with Crippen molar-refractivity contribution in [1.82, 2.24) is 24.4 Å². The molecule has 1 aliphatic heterocycles. The number of likely N-dealkylation sites (N-methyl/N-ethyl adjacent to an activating group) is 1. The molecule has 1 saturated heterocycles. The van der Waals surface area contributed by atoms with Crippen molar-refractivity contribution in [3.05, 3.63) is 60.5 Å². The highest BCUT2D eigenvalue weighted by Gasteiger charge is 2.24. The number of halogens is 1. The average molecular weight is 509 g/mol. The lowest BCUT2D eigenvalue weighted by Crippen LogP contribution is -2.20. The van der Waals surface area contributed by atoms with Crippen molar-refractivity contribution in [1.29, 1.82) is 0 Å². The smallest absolute Gasteiger partial charge is 0.229 e. The van der Waals surface area contributed by atoms with Crippen LogP contribution in [0.1, 0.15) is 18.9 Å². The highest BCUT2D eigenvalue weighted by molar-refractivity contribution is 7.99. The third kappa shape index (κ3) is 5.95. The number of benzene rings is 2. The number of fused-ring (bicyclic) bond motifs is 1. The van der Waals surface area contributed by atoms with Gasteiger partial charge < -0.3 is 19.7 Å². The van der Waals surface area contributed by atoms with Crippen molar-refractivity contribution in [2.24, 2.45) is 0 Å². The minimum atomic E-state index is -0.257. The van der Waals surface area contributed by atoms with Gasteiger partial charge in [-0.25, -0.2) is 14.4 Å². The van der Waals surface area contributed by atoms with E-state index in [9.17, 15) is 4.39 Å². The summed E-state index contributed by atoms with van der Waals surface area (Å²) in [6.45, 7) is 2.89. The third-order valence-corrected chi connectivity index (χ3v) is 6.88. The summed E-state index contributed by atoms with van der Waals surface area (Å²) in [5, 5.41) is 4.11. The lowest BCUT2D eigenvalue weighted by molar-refractivity contribution is 0.0683. The summed E-state index contributed by atoms with van der Waals surface area (Å²) < 4.78 is 27.0.